The van der Waals surface area contributed by atoms with Gasteiger partial charge in [-0.2, -0.15) is 11.8 Å². The van der Waals surface area contributed by atoms with Crippen LogP contribution >= 0.6 is 11.8 Å². The van der Waals surface area contributed by atoms with Crippen molar-refractivity contribution in [3.05, 3.63) is 0 Å². The number of thioether (sulfide) groups is 1. The Kier molecular flexibility index (Phi) is 5.83. The van der Waals surface area contributed by atoms with Gasteiger partial charge in [-0.15, -0.1) is 0 Å². The zero-order valence-corrected chi connectivity index (χ0v) is 9.99. The van der Waals surface area contributed by atoms with Gasteiger partial charge in [0.1, 0.15) is 0 Å². The number of nitrogens with zero attached hydrogens (tertiary/aromatic N) is 1. The van der Waals surface area contributed by atoms with Gasteiger partial charge >= 0.3 is 0 Å². The maximum absolute atomic E-state index is 4.56. The highest BCUT2D eigenvalue weighted by Gasteiger charge is 2.14. The molecule has 1 rings (SSSR count). The molecule has 0 bridgehead atoms. The van der Waals surface area contributed by atoms with Crippen molar-refractivity contribution < 1.29 is 0 Å². The molecule has 0 radical (unpaired) electrons. The molecule has 3 nitrogen and oxygen atoms in total. The molecule has 4 heteroatoms. The second-order valence-corrected chi connectivity index (χ2v) is 4.79. The van der Waals surface area contributed by atoms with Crippen LogP contribution in [0.15, 0.2) is 4.99 Å². The van der Waals surface area contributed by atoms with Gasteiger partial charge < -0.3 is 10.6 Å². The van der Waals surface area contributed by atoms with Crippen LogP contribution in [0.3, 0.4) is 0 Å². The summed E-state index contributed by atoms with van der Waals surface area (Å²) < 4.78 is 0. The van der Waals surface area contributed by atoms with Crippen LogP contribution in [0, 0.1) is 0 Å². The van der Waals surface area contributed by atoms with Crippen LogP contribution in [0.1, 0.15) is 26.7 Å². The third-order valence-electron chi connectivity index (χ3n) is 2.17. The van der Waals surface area contributed by atoms with Crippen molar-refractivity contribution in [2.75, 3.05) is 25.4 Å². The van der Waals surface area contributed by atoms with Crippen molar-refractivity contribution in [3.8, 4) is 0 Å². The Bertz CT molecular complexity index is 168. The maximum Gasteiger partial charge on any atom is 0.191 e. The largest absolute Gasteiger partial charge is 0.357 e. The van der Waals surface area contributed by atoms with Crippen LogP contribution in [0.4, 0.5) is 0 Å². The minimum Gasteiger partial charge on any atom is -0.357 e. The minimum atomic E-state index is 0.752. The van der Waals surface area contributed by atoms with Crippen molar-refractivity contribution >= 4 is 17.7 Å². The van der Waals surface area contributed by atoms with E-state index in [1.807, 2.05) is 0 Å². The van der Waals surface area contributed by atoms with E-state index >= 15 is 0 Å². The Labute approximate surface area is 91.1 Å². The fourth-order valence-electron chi connectivity index (χ4n) is 1.49. The lowest BCUT2D eigenvalue weighted by Gasteiger charge is -2.10. The quantitative estimate of drug-likeness (QED) is 0.550. The second kappa shape index (κ2) is 6.98. The average molecular weight is 215 g/mol. The summed E-state index contributed by atoms with van der Waals surface area (Å²) in [6.45, 7) is 7.02. The maximum atomic E-state index is 4.56. The lowest BCUT2D eigenvalue weighted by Crippen LogP contribution is -2.37. The average Bonchev–Trinajstić information content (AvgIpc) is 2.67. The van der Waals surface area contributed by atoms with Crippen LogP contribution in [0.5, 0.6) is 0 Å². The van der Waals surface area contributed by atoms with Crippen LogP contribution in [-0.4, -0.2) is 36.6 Å². The first-order chi connectivity index (χ1) is 6.86. The molecule has 1 fully saturated rings. The lowest BCUT2D eigenvalue weighted by atomic mass is 10.2. The summed E-state index contributed by atoms with van der Waals surface area (Å²) in [5.41, 5.74) is 0. The van der Waals surface area contributed by atoms with Crippen molar-refractivity contribution in [3.63, 3.8) is 0 Å². The third kappa shape index (κ3) is 4.22. The number of hydrogen-bond acceptors (Lipinski definition) is 2. The van der Waals surface area contributed by atoms with Gasteiger partial charge in [-0.25, -0.2) is 0 Å². The van der Waals surface area contributed by atoms with Gasteiger partial charge in [-0.05, 0) is 32.4 Å². The molecule has 1 heterocycles. The van der Waals surface area contributed by atoms with Gasteiger partial charge in [0.05, 0.1) is 6.54 Å². The molecule has 0 spiro atoms. The van der Waals surface area contributed by atoms with Crippen molar-refractivity contribution in [2.24, 2.45) is 4.99 Å². The van der Waals surface area contributed by atoms with Crippen LogP contribution in [-0.2, 0) is 0 Å². The van der Waals surface area contributed by atoms with E-state index in [9.17, 15) is 0 Å². The first kappa shape index (κ1) is 11.7. The van der Waals surface area contributed by atoms with Crippen molar-refractivity contribution in [2.45, 2.75) is 31.9 Å². The third-order valence-corrected chi connectivity index (χ3v) is 3.55. The zero-order chi connectivity index (χ0) is 10.2. The van der Waals surface area contributed by atoms with Gasteiger partial charge in [0, 0.05) is 18.3 Å². The number of rotatable bonds is 4. The molecule has 14 heavy (non-hydrogen) atoms. The normalized spacial score (nSPS) is 20.6. The standard InChI is InChI=1S/C10H21N3S/c1-3-11-10(12-4-2)13-8-9-6-5-7-14-9/h9H,3-8H2,1-2H3,(H2,11,12,13). The summed E-state index contributed by atoms with van der Waals surface area (Å²) in [5.74, 6) is 2.28. The van der Waals surface area contributed by atoms with E-state index in [-0.39, 0.29) is 0 Å². The molecule has 1 unspecified atom stereocenters. The molecule has 1 aliphatic heterocycles. The molecule has 0 amide bonds. The number of hydrogen-bond donors (Lipinski definition) is 2. The lowest BCUT2D eigenvalue weighted by molar-refractivity contribution is 0.769. The monoisotopic (exact) mass is 215 g/mol. The predicted molar refractivity (Wildman–Crippen MR) is 65.1 cm³/mol. The van der Waals surface area contributed by atoms with Gasteiger partial charge in [0.25, 0.3) is 0 Å². The minimum absolute atomic E-state index is 0.752. The molecular weight excluding hydrogens is 194 g/mol. The van der Waals surface area contributed by atoms with Gasteiger partial charge in [-0.1, -0.05) is 0 Å². The van der Waals surface area contributed by atoms with E-state index in [0.717, 1.165) is 30.8 Å². The van der Waals surface area contributed by atoms with Crippen LogP contribution in [0.25, 0.3) is 0 Å². The number of guanidine groups is 1. The molecule has 0 aromatic carbocycles. The molecule has 1 aliphatic rings. The molecule has 0 saturated carbocycles. The van der Waals surface area contributed by atoms with E-state index in [2.05, 4.69) is 41.2 Å². The van der Waals surface area contributed by atoms with Crippen molar-refractivity contribution in [1.82, 2.24) is 10.6 Å². The predicted octanol–water partition coefficient (Wildman–Crippen LogP) is 1.46. The molecule has 0 aromatic rings. The fourth-order valence-corrected chi connectivity index (χ4v) is 2.67. The summed E-state index contributed by atoms with van der Waals surface area (Å²) in [7, 11) is 0. The van der Waals surface area contributed by atoms with Gasteiger partial charge in [0.15, 0.2) is 5.96 Å². The van der Waals surface area contributed by atoms with E-state index in [1.165, 1.54) is 18.6 Å². The Morgan fingerprint density at radius 2 is 2.07 bits per heavy atom. The Hall–Kier alpha value is -0.380. The molecular formula is C10H21N3S. The van der Waals surface area contributed by atoms with Gasteiger partial charge in [0.2, 0.25) is 0 Å². The van der Waals surface area contributed by atoms with E-state index in [4.69, 9.17) is 0 Å². The molecule has 2 N–H and O–H groups in total. The van der Waals surface area contributed by atoms with Gasteiger partial charge in [-0.3, -0.25) is 4.99 Å². The van der Waals surface area contributed by atoms with Crippen LogP contribution < -0.4 is 10.6 Å². The highest BCUT2D eigenvalue weighted by molar-refractivity contribution is 8.00. The summed E-state index contributed by atoms with van der Waals surface area (Å²) in [6, 6.07) is 0. The molecule has 0 aliphatic carbocycles. The fraction of sp³-hybridized carbons (Fsp3) is 0.900. The molecule has 1 saturated heterocycles. The first-order valence-corrected chi connectivity index (χ1v) is 6.55. The highest BCUT2D eigenvalue weighted by Crippen LogP contribution is 2.25. The first-order valence-electron chi connectivity index (χ1n) is 5.50. The molecule has 1 atom stereocenters. The topological polar surface area (TPSA) is 36.4 Å². The van der Waals surface area contributed by atoms with Crippen molar-refractivity contribution in [1.29, 1.82) is 0 Å². The summed E-state index contributed by atoms with van der Waals surface area (Å²) in [5, 5.41) is 7.23. The second-order valence-electron chi connectivity index (χ2n) is 3.38. The number of nitrogens with one attached hydrogen (secondary N) is 2. The summed E-state index contributed by atoms with van der Waals surface area (Å²) in [4.78, 5) is 4.56. The zero-order valence-electron chi connectivity index (χ0n) is 9.18. The summed E-state index contributed by atoms with van der Waals surface area (Å²) >= 11 is 2.06. The Morgan fingerprint density at radius 3 is 2.57 bits per heavy atom. The highest BCUT2D eigenvalue weighted by atomic mass is 32.2. The van der Waals surface area contributed by atoms with E-state index < -0.39 is 0 Å². The molecule has 0 aromatic heterocycles. The number of aliphatic imine (C=N–C) groups is 1. The smallest absolute Gasteiger partial charge is 0.191 e. The Balaban J connectivity index is 2.28. The summed E-state index contributed by atoms with van der Waals surface area (Å²) in [6.07, 6.45) is 2.70. The SMILES string of the molecule is CCNC(=NCC1CCCS1)NCC. The Morgan fingerprint density at radius 1 is 1.36 bits per heavy atom. The van der Waals surface area contributed by atoms with E-state index in [1.54, 1.807) is 0 Å². The molecule has 82 valence electrons. The van der Waals surface area contributed by atoms with E-state index in [0.29, 0.717) is 0 Å². The van der Waals surface area contributed by atoms with Crippen LogP contribution in [0.2, 0.25) is 0 Å².